The summed E-state index contributed by atoms with van der Waals surface area (Å²) in [5.41, 5.74) is 12.5. The van der Waals surface area contributed by atoms with Gasteiger partial charge in [-0.05, 0) is 125 Å². The van der Waals surface area contributed by atoms with Gasteiger partial charge >= 0.3 is 0 Å². The molecule has 0 atom stereocenters. The summed E-state index contributed by atoms with van der Waals surface area (Å²) in [4.78, 5) is 13.6. The van der Waals surface area contributed by atoms with Crippen molar-refractivity contribution < 1.29 is 0 Å². The maximum Gasteiger partial charge on any atom is 0.237 e. The first-order valence-corrected chi connectivity index (χ1v) is 21.0. The van der Waals surface area contributed by atoms with Gasteiger partial charge in [-0.3, -0.25) is 9.47 Å². The van der Waals surface area contributed by atoms with E-state index < -0.39 is 0 Å². The van der Waals surface area contributed by atoms with Crippen molar-refractivity contribution in [3.63, 3.8) is 0 Å². The highest BCUT2D eigenvalue weighted by Gasteiger charge is 2.61. The van der Waals surface area contributed by atoms with Crippen LogP contribution in [0.4, 0.5) is 17.3 Å². The number of aromatic nitrogens is 3. The molecule has 3 heterocycles. The Balaban J connectivity index is 1.18. The minimum atomic E-state index is 0.0243. The fourth-order valence-corrected chi connectivity index (χ4v) is 11.9. The van der Waals surface area contributed by atoms with Gasteiger partial charge in [-0.1, -0.05) is 120 Å². The summed E-state index contributed by atoms with van der Waals surface area (Å²) in [6.45, 7) is 13.8. The zero-order valence-electron chi connectivity index (χ0n) is 33.7. The number of para-hydroxylation sites is 2. The lowest BCUT2D eigenvalue weighted by Gasteiger charge is -2.64. The normalized spacial score (nSPS) is 22.2. The van der Waals surface area contributed by atoms with Crippen LogP contribution in [0.2, 0.25) is 0 Å². The third-order valence-corrected chi connectivity index (χ3v) is 14.3. The molecule has 56 heavy (non-hydrogen) atoms. The SMILES string of the molecule is CC(C)(C)c1ccc2c(c1)c1cc(C(C)(C)C)ccc1n2-c1cc(-c2ccccc2)nc(N2c3ccccc3C3(c4ccccc42)C2CC4CC(C2)CC3C4)n1. The maximum absolute atomic E-state index is 5.67. The topological polar surface area (TPSA) is 34.0 Å². The van der Waals surface area contributed by atoms with Crippen LogP contribution in [0.1, 0.15) is 95.9 Å². The third-order valence-electron chi connectivity index (χ3n) is 14.3. The van der Waals surface area contributed by atoms with Crippen LogP contribution in [-0.4, -0.2) is 14.5 Å². The standard InChI is InChI=1S/C52H52N4/c1-50(2,3)35-20-22-44-39(29-35)40-30-36(51(4,5)6)21-23-45(40)55(44)48-31-43(34-14-8-7-9-15-34)53-49(54-48)56-46-18-12-10-16-41(46)52(42-17-11-13-19-47(42)56)37-25-32-24-33(27-37)28-38(52)26-32/h7-23,29-33,37-38H,24-28H2,1-6H3. The van der Waals surface area contributed by atoms with Crippen molar-refractivity contribution in [2.24, 2.45) is 23.7 Å². The predicted octanol–water partition coefficient (Wildman–Crippen LogP) is 13.4. The molecule has 0 N–H and O–H groups in total. The van der Waals surface area contributed by atoms with E-state index in [9.17, 15) is 0 Å². The Morgan fingerprint density at radius 2 is 1.04 bits per heavy atom. The van der Waals surface area contributed by atoms with Gasteiger partial charge in [0.05, 0.1) is 28.1 Å². The van der Waals surface area contributed by atoms with E-state index in [-0.39, 0.29) is 16.2 Å². The van der Waals surface area contributed by atoms with Crippen molar-refractivity contribution in [1.29, 1.82) is 0 Å². The molecule has 0 saturated heterocycles. The maximum atomic E-state index is 5.67. The smallest absolute Gasteiger partial charge is 0.237 e. The molecule has 12 rings (SSSR count). The second kappa shape index (κ2) is 11.9. The minimum Gasteiger partial charge on any atom is -0.294 e. The van der Waals surface area contributed by atoms with Crippen LogP contribution in [0.15, 0.2) is 121 Å². The molecule has 2 aromatic heterocycles. The van der Waals surface area contributed by atoms with Crippen LogP contribution in [0.5, 0.6) is 0 Å². The summed E-state index contributed by atoms with van der Waals surface area (Å²) in [6.07, 6.45) is 6.84. The number of fused-ring (bicyclic) bond motifs is 5. The fourth-order valence-electron chi connectivity index (χ4n) is 11.9. The van der Waals surface area contributed by atoms with E-state index in [0.29, 0.717) is 17.8 Å². The summed E-state index contributed by atoms with van der Waals surface area (Å²) >= 11 is 0. The fraction of sp³-hybridized carbons (Fsp3) is 0.346. The summed E-state index contributed by atoms with van der Waals surface area (Å²) in [7, 11) is 0. The van der Waals surface area contributed by atoms with Gasteiger partial charge in [0.15, 0.2) is 0 Å². The molecule has 0 amide bonds. The highest BCUT2D eigenvalue weighted by atomic mass is 15.3. The summed E-state index contributed by atoms with van der Waals surface area (Å²) in [5, 5.41) is 2.52. The van der Waals surface area contributed by atoms with Crippen molar-refractivity contribution in [1.82, 2.24) is 14.5 Å². The van der Waals surface area contributed by atoms with Gasteiger partial charge in [0.2, 0.25) is 5.95 Å². The molecule has 5 aromatic carbocycles. The van der Waals surface area contributed by atoms with Crippen LogP contribution in [0, 0.1) is 23.7 Å². The van der Waals surface area contributed by atoms with Crippen LogP contribution in [0.25, 0.3) is 38.9 Å². The lowest BCUT2D eigenvalue weighted by molar-refractivity contribution is -0.0419. The number of benzene rings is 5. The first-order chi connectivity index (χ1) is 27.0. The zero-order valence-corrected chi connectivity index (χ0v) is 33.7. The molecule has 5 aliphatic rings. The Hall–Kier alpha value is -5.22. The van der Waals surface area contributed by atoms with Crippen molar-refractivity contribution in [3.05, 3.63) is 144 Å². The summed E-state index contributed by atoms with van der Waals surface area (Å²) < 4.78 is 2.39. The van der Waals surface area contributed by atoms with Crippen molar-refractivity contribution in [3.8, 4) is 17.1 Å². The Kier molecular flexibility index (Phi) is 7.24. The molecule has 280 valence electrons. The molecule has 4 nitrogen and oxygen atoms in total. The third kappa shape index (κ3) is 4.90. The molecule has 4 saturated carbocycles. The average molecular weight is 733 g/mol. The van der Waals surface area contributed by atoms with Gasteiger partial charge in [-0.25, -0.2) is 4.98 Å². The molecule has 4 heteroatoms. The van der Waals surface area contributed by atoms with Crippen molar-refractivity contribution >= 4 is 39.1 Å². The van der Waals surface area contributed by atoms with Crippen LogP contribution in [0.3, 0.4) is 0 Å². The highest BCUT2D eigenvalue weighted by molar-refractivity contribution is 6.10. The lowest BCUT2D eigenvalue weighted by atomic mass is 9.41. The van der Waals surface area contributed by atoms with E-state index in [4.69, 9.17) is 9.97 Å². The van der Waals surface area contributed by atoms with Crippen LogP contribution in [-0.2, 0) is 16.2 Å². The minimum absolute atomic E-state index is 0.0243. The van der Waals surface area contributed by atoms with Gasteiger partial charge in [-0.2, -0.15) is 4.98 Å². The first-order valence-electron chi connectivity index (χ1n) is 21.0. The quantitative estimate of drug-likeness (QED) is 0.181. The Morgan fingerprint density at radius 3 is 1.55 bits per heavy atom. The molecule has 1 spiro atoms. The van der Waals surface area contributed by atoms with Gasteiger partial charge in [-0.15, -0.1) is 0 Å². The largest absolute Gasteiger partial charge is 0.294 e. The Labute approximate surface area is 331 Å². The number of rotatable bonds is 3. The van der Waals surface area contributed by atoms with Crippen molar-refractivity contribution in [2.45, 2.75) is 89.9 Å². The van der Waals surface area contributed by atoms with Gasteiger partial charge in [0.25, 0.3) is 0 Å². The van der Waals surface area contributed by atoms with E-state index in [0.717, 1.165) is 39.9 Å². The molecule has 0 unspecified atom stereocenters. The second-order valence-electron chi connectivity index (χ2n) is 19.6. The molecular formula is C52H52N4. The monoisotopic (exact) mass is 732 g/mol. The summed E-state index contributed by atoms with van der Waals surface area (Å²) in [5.74, 6) is 4.71. The van der Waals surface area contributed by atoms with Crippen LogP contribution >= 0.6 is 0 Å². The highest BCUT2D eigenvalue weighted by Crippen LogP contribution is 2.69. The molecule has 4 aliphatic carbocycles. The molecular weight excluding hydrogens is 681 g/mol. The summed E-state index contributed by atoms with van der Waals surface area (Å²) in [6, 6.07) is 45.5. The molecule has 0 radical (unpaired) electrons. The van der Waals surface area contributed by atoms with E-state index in [1.165, 1.54) is 76.5 Å². The number of anilines is 3. The Bertz CT molecular complexity index is 2540. The molecule has 4 fully saturated rings. The van der Waals surface area contributed by atoms with Crippen LogP contribution < -0.4 is 4.90 Å². The van der Waals surface area contributed by atoms with Gasteiger partial charge in [0, 0.05) is 27.8 Å². The lowest BCUT2D eigenvalue weighted by Crippen LogP contribution is -2.57. The molecule has 4 bridgehead atoms. The number of nitrogens with zero attached hydrogens (tertiary/aromatic N) is 4. The van der Waals surface area contributed by atoms with E-state index >= 15 is 0 Å². The van der Waals surface area contributed by atoms with Crippen molar-refractivity contribution in [2.75, 3.05) is 4.90 Å². The first kappa shape index (κ1) is 34.1. The van der Waals surface area contributed by atoms with Gasteiger partial charge < -0.3 is 0 Å². The molecule has 1 aliphatic heterocycles. The number of hydrogen-bond acceptors (Lipinski definition) is 3. The zero-order chi connectivity index (χ0) is 38.1. The number of hydrogen-bond donors (Lipinski definition) is 0. The van der Waals surface area contributed by atoms with E-state index in [1.807, 2.05) is 0 Å². The second-order valence-corrected chi connectivity index (χ2v) is 19.6. The molecule has 7 aromatic rings. The van der Waals surface area contributed by atoms with E-state index in [1.54, 1.807) is 0 Å². The van der Waals surface area contributed by atoms with Gasteiger partial charge in [0.1, 0.15) is 5.82 Å². The van der Waals surface area contributed by atoms with E-state index in [2.05, 4.69) is 172 Å². The average Bonchev–Trinajstić information content (AvgIpc) is 3.52. The predicted molar refractivity (Wildman–Crippen MR) is 232 cm³/mol. The Morgan fingerprint density at radius 1 is 0.536 bits per heavy atom.